The molecule has 0 fully saturated rings. The van der Waals surface area contributed by atoms with Crippen LogP contribution in [0.1, 0.15) is 11.1 Å². The summed E-state index contributed by atoms with van der Waals surface area (Å²) in [6.45, 7) is 0.441. The molecule has 0 aliphatic rings. The highest BCUT2D eigenvalue weighted by molar-refractivity contribution is 6.30. The minimum absolute atomic E-state index is 0.0858. The fourth-order valence-electron chi connectivity index (χ4n) is 1.62. The van der Waals surface area contributed by atoms with Gasteiger partial charge < -0.3 is 14.6 Å². The maximum absolute atomic E-state index is 10.4. The van der Waals surface area contributed by atoms with Gasteiger partial charge in [0.05, 0.1) is 0 Å². The Morgan fingerprint density at radius 2 is 1.58 bits per heavy atom. The second-order valence-corrected chi connectivity index (χ2v) is 4.54. The lowest BCUT2D eigenvalue weighted by atomic mass is 10.1. The van der Waals surface area contributed by atoms with Gasteiger partial charge in [0.2, 0.25) is 0 Å². The van der Waals surface area contributed by atoms with Crippen LogP contribution in [0.5, 0.6) is 5.75 Å². The molecule has 98 valence electrons. The molecule has 0 heterocycles. The summed E-state index contributed by atoms with van der Waals surface area (Å²) >= 11 is 5.79. The van der Waals surface area contributed by atoms with Gasteiger partial charge >= 0.3 is 0 Å². The number of carbonyl (C=O) groups is 1. The van der Waals surface area contributed by atoms with Gasteiger partial charge in [0.25, 0.3) is 0 Å². The molecule has 2 aromatic rings. The zero-order valence-electron chi connectivity index (χ0n) is 10.1. The van der Waals surface area contributed by atoms with Crippen molar-refractivity contribution >= 4 is 17.6 Å². The van der Waals surface area contributed by atoms with E-state index in [1.165, 1.54) is 0 Å². The summed E-state index contributed by atoms with van der Waals surface area (Å²) in [6.07, 6.45) is -0.0858. The van der Waals surface area contributed by atoms with Crippen molar-refractivity contribution in [3.05, 3.63) is 64.7 Å². The number of carboxylic acid groups (broad SMARTS) is 1. The maximum atomic E-state index is 10.4. The van der Waals surface area contributed by atoms with E-state index < -0.39 is 5.97 Å². The minimum Gasteiger partial charge on any atom is -0.550 e. The van der Waals surface area contributed by atoms with Gasteiger partial charge in [-0.05, 0) is 35.4 Å². The van der Waals surface area contributed by atoms with E-state index in [-0.39, 0.29) is 6.42 Å². The van der Waals surface area contributed by atoms with Crippen molar-refractivity contribution < 1.29 is 14.6 Å². The van der Waals surface area contributed by atoms with Gasteiger partial charge in [-0.15, -0.1) is 0 Å². The molecule has 0 spiro atoms. The van der Waals surface area contributed by atoms with E-state index in [0.29, 0.717) is 22.9 Å². The maximum Gasteiger partial charge on any atom is 0.119 e. The number of aliphatic carboxylic acids is 1. The van der Waals surface area contributed by atoms with Crippen LogP contribution in [-0.2, 0) is 17.8 Å². The number of benzene rings is 2. The van der Waals surface area contributed by atoms with Crippen LogP contribution in [0.15, 0.2) is 48.5 Å². The van der Waals surface area contributed by atoms with E-state index in [2.05, 4.69) is 0 Å². The van der Waals surface area contributed by atoms with Crippen molar-refractivity contribution in [3.8, 4) is 5.75 Å². The van der Waals surface area contributed by atoms with E-state index in [1.54, 1.807) is 24.3 Å². The van der Waals surface area contributed by atoms with Crippen LogP contribution in [0.4, 0.5) is 0 Å². The van der Waals surface area contributed by atoms with E-state index in [0.717, 1.165) is 5.56 Å². The molecular weight excluding hydrogens is 264 g/mol. The Hall–Kier alpha value is -2.00. The first-order valence-corrected chi connectivity index (χ1v) is 6.17. The Labute approximate surface area is 116 Å². The van der Waals surface area contributed by atoms with Gasteiger partial charge in [0, 0.05) is 17.4 Å². The number of hydrogen-bond acceptors (Lipinski definition) is 3. The lowest BCUT2D eigenvalue weighted by Gasteiger charge is -2.08. The van der Waals surface area contributed by atoms with Gasteiger partial charge in [0.15, 0.2) is 0 Å². The molecule has 0 radical (unpaired) electrons. The van der Waals surface area contributed by atoms with Crippen molar-refractivity contribution in [3.63, 3.8) is 0 Å². The molecule has 0 amide bonds. The third kappa shape index (κ3) is 4.30. The predicted octanol–water partition coefficient (Wildman–Crippen LogP) is 2.21. The number of halogens is 1. The molecule has 3 nitrogen and oxygen atoms in total. The molecule has 0 unspecified atom stereocenters. The van der Waals surface area contributed by atoms with Crippen LogP contribution in [0.25, 0.3) is 0 Å². The van der Waals surface area contributed by atoms with Crippen LogP contribution < -0.4 is 9.84 Å². The lowest BCUT2D eigenvalue weighted by molar-refractivity contribution is -0.304. The molecule has 19 heavy (non-hydrogen) atoms. The fourth-order valence-corrected chi connectivity index (χ4v) is 1.74. The van der Waals surface area contributed by atoms with Gasteiger partial charge in [-0.2, -0.15) is 0 Å². The van der Waals surface area contributed by atoms with Crippen LogP contribution in [-0.4, -0.2) is 5.97 Å². The largest absolute Gasteiger partial charge is 0.550 e. The molecule has 0 atom stereocenters. The van der Waals surface area contributed by atoms with Crippen LogP contribution in [0, 0.1) is 0 Å². The van der Waals surface area contributed by atoms with Crippen molar-refractivity contribution in [2.45, 2.75) is 13.0 Å². The van der Waals surface area contributed by atoms with Gasteiger partial charge in [0.1, 0.15) is 12.4 Å². The van der Waals surface area contributed by atoms with E-state index in [9.17, 15) is 9.90 Å². The number of carboxylic acids is 1. The lowest BCUT2D eigenvalue weighted by Crippen LogP contribution is -2.24. The summed E-state index contributed by atoms with van der Waals surface area (Å²) in [5.41, 5.74) is 1.71. The zero-order valence-corrected chi connectivity index (χ0v) is 10.9. The Morgan fingerprint density at radius 3 is 2.16 bits per heavy atom. The highest BCUT2D eigenvalue weighted by Gasteiger charge is 1.98. The Kier molecular flexibility index (Phi) is 4.42. The van der Waals surface area contributed by atoms with E-state index in [1.807, 2.05) is 24.3 Å². The molecule has 0 bridgehead atoms. The summed E-state index contributed by atoms with van der Waals surface area (Å²) in [7, 11) is 0. The molecule has 0 aliphatic heterocycles. The Bertz CT molecular complexity index is 547. The first kappa shape index (κ1) is 13.4. The van der Waals surface area contributed by atoms with Gasteiger partial charge in [-0.1, -0.05) is 35.9 Å². The van der Waals surface area contributed by atoms with Gasteiger partial charge in [-0.25, -0.2) is 0 Å². The van der Waals surface area contributed by atoms with E-state index >= 15 is 0 Å². The monoisotopic (exact) mass is 275 g/mol. The number of ether oxygens (including phenoxy) is 1. The Morgan fingerprint density at radius 1 is 1.00 bits per heavy atom. The third-order valence-electron chi connectivity index (χ3n) is 2.59. The highest BCUT2D eigenvalue weighted by atomic mass is 35.5. The first-order valence-electron chi connectivity index (χ1n) is 5.79. The number of rotatable bonds is 5. The minimum atomic E-state index is -1.09. The van der Waals surface area contributed by atoms with Crippen molar-refractivity contribution in [2.24, 2.45) is 0 Å². The average molecular weight is 276 g/mol. The molecule has 2 rings (SSSR count). The zero-order chi connectivity index (χ0) is 13.7. The van der Waals surface area contributed by atoms with Crippen LogP contribution in [0.2, 0.25) is 5.02 Å². The normalized spacial score (nSPS) is 10.2. The summed E-state index contributed by atoms with van der Waals surface area (Å²) in [6, 6.07) is 14.3. The molecule has 0 aliphatic carbocycles. The predicted molar refractivity (Wildman–Crippen MR) is 70.9 cm³/mol. The molecular formula is C15H12ClO3-. The molecule has 0 saturated carbocycles. The smallest absolute Gasteiger partial charge is 0.119 e. The summed E-state index contributed by atoms with van der Waals surface area (Å²) in [5, 5.41) is 11.1. The standard InChI is InChI=1S/C15H13ClO3/c16-13-5-1-12(2-6-13)10-19-14-7-3-11(4-8-14)9-15(17)18/h1-8H,9-10H2,(H,17,18)/p-1. The molecule has 0 saturated heterocycles. The topological polar surface area (TPSA) is 49.4 Å². The highest BCUT2D eigenvalue weighted by Crippen LogP contribution is 2.15. The second kappa shape index (κ2) is 6.25. The third-order valence-corrected chi connectivity index (χ3v) is 2.84. The van der Waals surface area contributed by atoms with Crippen LogP contribution >= 0.6 is 11.6 Å². The van der Waals surface area contributed by atoms with Crippen molar-refractivity contribution in [2.75, 3.05) is 0 Å². The molecule has 0 N–H and O–H groups in total. The summed E-state index contributed by atoms with van der Waals surface area (Å²) in [4.78, 5) is 10.4. The number of hydrogen-bond donors (Lipinski definition) is 0. The van der Waals surface area contributed by atoms with E-state index in [4.69, 9.17) is 16.3 Å². The summed E-state index contributed by atoms with van der Waals surface area (Å²) in [5.74, 6) is -0.396. The van der Waals surface area contributed by atoms with Crippen molar-refractivity contribution in [1.29, 1.82) is 0 Å². The van der Waals surface area contributed by atoms with Crippen molar-refractivity contribution in [1.82, 2.24) is 0 Å². The quantitative estimate of drug-likeness (QED) is 0.841. The average Bonchev–Trinajstić information content (AvgIpc) is 2.39. The fraction of sp³-hybridized carbons (Fsp3) is 0.133. The number of carbonyl (C=O) groups excluding carboxylic acids is 1. The second-order valence-electron chi connectivity index (χ2n) is 4.11. The SMILES string of the molecule is O=C([O-])Cc1ccc(OCc2ccc(Cl)cc2)cc1. The first-order chi connectivity index (χ1) is 9.13. The molecule has 4 heteroatoms. The van der Waals surface area contributed by atoms with Gasteiger partial charge in [-0.3, -0.25) is 0 Å². The Balaban J connectivity index is 1.92. The summed E-state index contributed by atoms with van der Waals surface area (Å²) < 4.78 is 5.59. The molecule has 0 aromatic heterocycles. The molecule has 2 aromatic carbocycles. The van der Waals surface area contributed by atoms with Crippen LogP contribution in [0.3, 0.4) is 0 Å².